The number of amidine groups is 1. The van der Waals surface area contributed by atoms with Crippen molar-refractivity contribution in [3.05, 3.63) is 41.1 Å². The van der Waals surface area contributed by atoms with Crippen molar-refractivity contribution in [2.75, 3.05) is 31.1 Å². The summed E-state index contributed by atoms with van der Waals surface area (Å²) in [6.07, 6.45) is 5.08. The first-order valence-electron chi connectivity index (χ1n) is 9.53. The number of carbonyl (C=O) groups is 1. The fourth-order valence-electron chi connectivity index (χ4n) is 4.08. The van der Waals surface area contributed by atoms with Crippen LogP contribution in [0.3, 0.4) is 0 Å². The lowest BCUT2D eigenvalue weighted by atomic mass is 9.90. The zero-order chi connectivity index (χ0) is 17.9. The number of piperazine rings is 1. The number of carbonyl (C=O) groups excluding carboxylic acids is 1. The Kier molecular flexibility index (Phi) is 4.75. The van der Waals surface area contributed by atoms with Gasteiger partial charge in [-0.1, -0.05) is 12.1 Å². The van der Waals surface area contributed by atoms with Gasteiger partial charge in [0.1, 0.15) is 5.84 Å². The van der Waals surface area contributed by atoms with E-state index < -0.39 is 0 Å². The number of nitrogens with zero attached hydrogens (tertiary/aromatic N) is 4. The molecule has 0 N–H and O–H groups in total. The number of allylic oxidation sites excluding steroid dienone is 2. The number of anilines is 1. The van der Waals surface area contributed by atoms with Crippen LogP contribution in [0.2, 0.25) is 0 Å². The summed E-state index contributed by atoms with van der Waals surface area (Å²) in [6.45, 7) is 3.65. The predicted octanol–water partition coefficient (Wildman–Crippen LogP) is 3.07. The molecular formula is C21H24N4O. The maximum Gasteiger partial charge on any atom is 0.168 e. The first-order valence-corrected chi connectivity index (χ1v) is 9.53. The number of aliphatic imine (C=N–C) groups is 1. The van der Waals surface area contributed by atoms with Crippen LogP contribution >= 0.6 is 0 Å². The van der Waals surface area contributed by atoms with E-state index in [4.69, 9.17) is 10.3 Å². The Hall–Kier alpha value is -2.61. The van der Waals surface area contributed by atoms with Crippen molar-refractivity contribution in [1.82, 2.24) is 4.90 Å². The molecule has 0 spiro atoms. The van der Waals surface area contributed by atoms with Gasteiger partial charge in [0.2, 0.25) is 0 Å². The summed E-state index contributed by atoms with van der Waals surface area (Å²) in [5.41, 5.74) is 4.31. The summed E-state index contributed by atoms with van der Waals surface area (Å²) in [7, 11) is 0. The molecule has 0 amide bonds. The number of hydrogen-bond donors (Lipinski definition) is 0. The fourth-order valence-corrected chi connectivity index (χ4v) is 4.08. The quantitative estimate of drug-likeness (QED) is 0.824. The molecule has 2 heterocycles. The van der Waals surface area contributed by atoms with Gasteiger partial charge >= 0.3 is 0 Å². The average Bonchev–Trinajstić information content (AvgIpc) is 2.69. The first kappa shape index (κ1) is 16.8. The molecule has 1 aliphatic carbocycles. The zero-order valence-electron chi connectivity index (χ0n) is 15.1. The SMILES string of the molecule is N#CCc1ccc(N2CCN(C3=NC4=C(CCCC4)C(=O)C3)CC2)cc1. The highest BCUT2D eigenvalue weighted by Gasteiger charge is 2.29. The molecule has 0 aromatic heterocycles. The van der Waals surface area contributed by atoms with Crippen molar-refractivity contribution < 1.29 is 4.79 Å². The van der Waals surface area contributed by atoms with Crippen LogP contribution < -0.4 is 4.90 Å². The topological polar surface area (TPSA) is 59.7 Å². The standard InChI is InChI=1S/C21H24N4O/c22-10-9-16-5-7-17(8-6-16)24-11-13-25(14-12-24)21-15-20(26)18-3-1-2-4-19(18)23-21/h5-8H,1-4,9,11-15H2. The molecular weight excluding hydrogens is 324 g/mol. The maximum absolute atomic E-state index is 12.5. The highest BCUT2D eigenvalue weighted by atomic mass is 16.1. The number of rotatable bonds is 2. The minimum atomic E-state index is 0.292. The molecule has 1 aromatic carbocycles. The predicted molar refractivity (Wildman–Crippen MR) is 102 cm³/mol. The van der Waals surface area contributed by atoms with Gasteiger partial charge in [-0.15, -0.1) is 0 Å². The van der Waals surface area contributed by atoms with E-state index in [9.17, 15) is 4.79 Å². The normalized spacial score (nSPS) is 20.6. The molecule has 4 rings (SSSR count). The Morgan fingerprint density at radius 1 is 1.00 bits per heavy atom. The van der Waals surface area contributed by atoms with E-state index in [1.807, 2.05) is 12.1 Å². The molecule has 0 atom stereocenters. The number of Topliss-reactive ketones (excluding diaryl/α,β-unsaturated/α-hetero) is 1. The van der Waals surface area contributed by atoms with Crippen molar-refractivity contribution in [3.8, 4) is 6.07 Å². The molecule has 0 radical (unpaired) electrons. The van der Waals surface area contributed by atoms with Crippen LogP contribution in [0.5, 0.6) is 0 Å². The van der Waals surface area contributed by atoms with E-state index in [-0.39, 0.29) is 0 Å². The van der Waals surface area contributed by atoms with Gasteiger partial charge in [-0.05, 0) is 43.4 Å². The van der Waals surface area contributed by atoms with Crippen molar-refractivity contribution in [2.45, 2.75) is 38.5 Å². The lowest BCUT2D eigenvalue weighted by Gasteiger charge is -2.38. The Balaban J connectivity index is 1.41. The largest absolute Gasteiger partial charge is 0.368 e. The second-order valence-corrected chi connectivity index (χ2v) is 7.24. The second kappa shape index (κ2) is 7.33. The molecule has 134 valence electrons. The third-order valence-corrected chi connectivity index (χ3v) is 5.59. The zero-order valence-corrected chi connectivity index (χ0v) is 15.1. The van der Waals surface area contributed by atoms with Gasteiger partial charge in [0.25, 0.3) is 0 Å². The first-order chi connectivity index (χ1) is 12.7. The molecule has 2 aliphatic heterocycles. The van der Waals surface area contributed by atoms with Crippen LogP contribution in [0.15, 0.2) is 40.5 Å². The van der Waals surface area contributed by atoms with Gasteiger partial charge in [0.05, 0.1) is 18.9 Å². The minimum Gasteiger partial charge on any atom is -0.368 e. The third kappa shape index (κ3) is 3.37. The molecule has 0 bridgehead atoms. The van der Waals surface area contributed by atoms with E-state index >= 15 is 0 Å². The minimum absolute atomic E-state index is 0.292. The van der Waals surface area contributed by atoms with Gasteiger partial charge in [-0.25, -0.2) is 4.99 Å². The molecule has 26 heavy (non-hydrogen) atoms. The third-order valence-electron chi connectivity index (χ3n) is 5.59. The smallest absolute Gasteiger partial charge is 0.168 e. The fraction of sp³-hybridized carbons (Fsp3) is 0.476. The van der Waals surface area contributed by atoms with Crippen LogP contribution in [0.25, 0.3) is 0 Å². The summed E-state index contributed by atoms with van der Waals surface area (Å²) in [5, 5.41) is 8.78. The Morgan fingerprint density at radius 2 is 1.69 bits per heavy atom. The van der Waals surface area contributed by atoms with E-state index in [0.717, 1.165) is 74.5 Å². The molecule has 1 saturated heterocycles. The highest BCUT2D eigenvalue weighted by molar-refractivity contribution is 6.11. The van der Waals surface area contributed by atoms with Gasteiger partial charge in [-0.3, -0.25) is 4.79 Å². The van der Waals surface area contributed by atoms with Crippen LogP contribution in [0.1, 0.15) is 37.7 Å². The Morgan fingerprint density at radius 3 is 2.42 bits per heavy atom. The number of hydrogen-bond acceptors (Lipinski definition) is 5. The molecule has 3 aliphatic rings. The average molecular weight is 348 g/mol. The van der Waals surface area contributed by atoms with Gasteiger partial charge in [-0.2, -0.15) is 5.26 Å². The molecule has 0 unspecified atom stereocenters. The monoisotopic (exact) mass is 348 g/mol. The highest BCUT2D eigenvalue weighted by Crippen LogP contribution is 2.31. The van der Waals surface area contributed by atoms with Gasteiger partial charge < -0.3 is 9.80 Å². The van der Waals surface area contributed by atoms with Crippen LogP contribution in [0.4, 0.5) is 5.69 Å². The summed E-state index contributed by atoms with van der Waals surface area (Å²) in [6, 6.07) is 10.5. The van der Waals surface area contributed by atoms with Crippen molar-refractivity contribution in [1.29, 1.82) is 5.26 Å². The lowest BCUT2D eigenvalue weighted by molar-refractivity contribution is -0.115. The van der Waals surface area contributed by atoms with Crippen LogP contribution in [-0.4, -0.2) is 42.7 Å². The van der Waals surface area contributed by atoms with E-state index in [1.165, 1.54) is 5.69 Å². The second-order valence-electron chi connectivity index (χ2n) is 7.24. The van der Waals surface area contributed by atoms with E-state index in [2.05, 4.69) is 28.0 Å². The molecule has 0 saturated carbocycles. The number of benzene rings is 1. The molecule has 1 fully saturated rings. The van der Waals surface area contributed by atoms with Gasteiger partial charge in [0.15, 0.2) is 5.78 Å². The number of ketones is 1. The van der Waals surface area contributed by atoms with E-state index in [0.29, 0.717) is 18.6 Å². The van der Waals surface area contributed by atoms with Crippen molar-refractivity contribution >= 4 is 17.3 Å². The Bertz CT molecular complexity index is 792. The summed E-state index contributed by atoms with van der Waals surface area (Å²) in [5.74, 6) is 1.26. The van der Waals surface area contributed by atoms with E-state index in [1.54, 1.807) is 0 Å². The maximum atomic E-state index is 12.5. The lowest BCUT2D eigenvalue weighted by Crippen LogP contribution is -2.49. The summed E-state index contributed by atoms with van der Waals surface area (Å²) < 4.78 is 0. The van der Waals surface area contributed by atoms with Crippen molar-refractivity contribution in [3.63, 3.8) is 0 Å². The number of nitriles is 1. The molecule has 1 aromatic rings. The van der Waals surface area contributed by atoms with Crippen molar-refractivity contribution in [2.24, 2.45) is 4.99 Å². The van der Waals surface area contributed by atoms with Crippen LogP contribution in [0, 0.1) is 11.3 Å². The van der Waals surface area contributed by atoms with Crippen LogP contribution in [-0.2, 0) is 11.2 Å². The summed E-state index contributed by atoms with van der Waals surface area (Å²) >= 11 is 0. The summed E-state index contributed by atoms with van der Waals surface area (Å²) in [4.78, 5) is 22.0. The Labute approximate surface area is 154 Å². The van der Waals surface area contributed by atoms with Gasteiger partial charge in [0, 0.05) is 43.1 Å². The molecule has 5 heteroatoms. The molecule has 5 nitrogen and oxygen atoms in total.